The van der Waals surface area contributed by atoms with Crippen LogP contribution in [0.1, 0.15) is 49.7 Å². The van der Waals surface area contributed by atoms with Crippen molar-refractivity contribution in [1.82, 2.24) is 15.3 Å². The molecule has 2 heterocycles. The van der Waals surface area contributed by atoms with Crippen LogP contribution in [0, 0.1) is 11.8 Å². The Balaban J connectivity index is 1.59. The second kappa shape index (κ2) is 6.84. The third kappa shape index (κ3) is 3.80. The summed E-state index contributed by atoms with van der Waals surface area (Å²) in [6, 6.07) is 0. The summed E-state index contributed by atoms with van der Waals surface area (Å²) >= 11 is 0. The van der Waals surface area contributed by atoms with Crippen LogP contribution in [0.3, 0.4) is 0 Å². The topological polar surface area (TPSA) is 47.0 Å². The molecule has 4 heteroatoms. The van der Waals surface area contributed by atoms with Crippen molar-refractivity contribution in [2.75, 3.05) is 26.3 Å². The van der Waals surface area contributed by atoms with Crippen molar-refractivity contribution in [1.29, 1.82) is 0 Å². The van der Waals surface area contributed by atoms with Crippen LogP contribution in [-0.2, 0) is 17.6 Å². The van der Waals surface area contributed by atoms with Gasteiger partial charge in [0.1, 0.15) is 5.82 Å². The van der Waals surface area contributed by atoms with Crippen molar-refractivity contribution in [3.63, 3.8) is 0 Å². The summed E-state index contributed by atoms with van der Waals surface area (Å²) in [6.45, 7) is 8.39. The van der Waals surface area contributed by atoms with Crippen molar-refractivity contribution in [3.05, 3.63) is 23.3 Å². The van der Waals surface area contributed by atoms with Crippen LogP contribution < -0.4 is 5.32 Å². The summed E-state index contributed by atoms with van der Waals surface area (Å²) < 4.78 is 5.45. The van der Waals surface area contributed by atoms with Crippen molar-refractivity contribution < 1.29 is 4.74 Å². The van der Waals surface area contributed by atoms with Gasteiger partial charge in [-0.15, -0.1) is 0 Å². The van der Waals surface area contributed by atoms with Gasteiger partial charge in [-0.1, -0.05) is 13.8 Å². The molecule has 1 aromatic rings. The lowest BCUT2D eigenvalue weighted by atomic mass is 9.87. The van der Waals surface area contributed by atoms with Gasteiger partial charge in [0.25, 0.3) is 0 Å². The highest BCUT2D eigenvalue weighted by molar-refractivity contribution is 5.22. The van der Waals surface area contributed by atoms with Crippen LogP contribution in [0.4, 0.5) is 0 Å². The Kier molecular flexibility index (Phi) is 4.86. The number of fused-ring (bicyclic) bond motifs is 1. The largest absolute Gasteiger partial charge is 0.381 e. The zero-order chi connectivity index (χ0) is 14.7. The molecule has 4 nitrogen and oxygen atoms in total. The fourth-order valence-corrected chi connectivity index (χ4v) is 3.28. The molecule has 1 N–H and O–H groups in total. The van der Waals surface area contributed by atoms with Gasteiger partial charge in [-0.2, -0.15) is 0 Å². The van der Waals surface area contributed by atoms with Gasteiger partial charge in [0, 0.05) is 24.4 Å². The Morgan fingerprint density at radius 3 is 3.05 bits per heavy atom. The quantitative estimate of drug-likeness (QED) is 0.904. The number of aromatic nitrogens is 2. The second-order valence-electron chi connectivity index (χ2n) is 6.92. The van der Waals surface area contributed by atoms with E-state index in [0.29, 0.717) is 5.92 Å². The molecule has 2 atom stereocenters. The number of aryl methyl sites for hydroxylation is 1. The molecule has 1 saturated heterocycles. The SMILES string of the molecule is CC(C)CNCC1CCc2nc(C3CCOC3)ncc2C1. The van der Waals surface area contributed by atoms with Crippen molar-refractivity contribution >= 4 is 0 Å². The second-order valence-corrected chi connectivity index (χ2v) is 6.92. The van der Waals surface area contributed by atoms with Crippen LogP contribution in [0.2, 0.25) is 0 Å². The van der Waals surface area contributed by atoms with Crippen LogP contribution in [0.25, 0.3) is 0 Å². The first-order valence-corrected chi connectivity index (χ1v) is 8.35. The molecule has 0 radical (unpaired) electrons. The van der Waals surface area contributed by atoms with E-state index < -0.39 is 0 Å². The fraction of sp³-hybridized carbons (Fsp3) is 0.765. The molecule has 1 aliphatic carbocycles. The number of nitrogens with zero attached hydrogens (tertiary/aromatic N) is 2. The lowest BCUT2D eigenvalue weighted by molar-refractivity contribution is 0.193. The van der Waals surface area contributed by atoms with E-state index in [-0.39, 0.29) is 0 Å². The van der Waals surface area contributed by atoms with E-state index in [4.69, 9.17) is 9.72 Å². The maximum atomic E-state index is 5.45. The zero-order valence-corrected chi connectivity index (χ0v) is 13.3. The van der Waals surface area contributed by atoms with Gasteiger partial charge >= 0.3 is 0 Å². The lowest BCUT2D eigenvalue weighted by Crippen LogP contribution is -2.30. The average Bonchev–Trinajstić information content (AvgIpc) is 3.00. The van der Waals surface area contributed by atoms with Crippen LogP contribution >= 0.6 is 0 Å². The van der Waals surface area contributed by atoms with E-state index in [1.54, 1.807) is 0 Å². The minimum Gasteiger partial charge on any atom is -0.381 e. The van der Waals surface area contributed by atoms with Crippen LogP contribution in [0.5, 0.6) is 0 Å². The highest BCUT2D eigenvalue weighted by Crippen LogP contribution is 2.27. The maximum Gasteiger partial charge on any atom is 0.134 e. The molecule has 3 rings (SSSR count). The van der Waals surface area contributed by atoms with E-state index in [2.05, 4.69) is 30.3 Å². The fourth-order valence-electron chi connectivity index (χ4n) is 3.28. The lowest BCUT2D eigenvalue weighted by Gasteiger charge is -2.25. The number of ether oxygens (including phenoxy) is 1. The Hall–Kier alpha value is -1.00. The molecule has 0 bridgehead atoms. The first kappa shape index (κ1) is 14.9. The van der Waals surface area contributed by atoms with Gasteiger partial charge in [0.15, 0.2) is 0 Å². The Bertz CT molecular complexity index is 469. The molecule has 2 unspecified atom stereocenters. The number of hydrogen-bond acceptors (Lipinski definition) is 4. The van der Waals surface area contributed by atoms with Gasteiger partial charge < -0.3 is 10.1 Å². The number of nitrogens with one attached hydrogen (secondary N) is 1. The van der Waals surface area contributed by atoms with Crippen molar-refractivity contribution in [2.45, 2.75) is 45.4 Å². The Labute approximate surface area is 127 Å². The van der Waals surface area contributed by atoms with Crippen LogP contribution in [0.15, 0.2) is 6.20 Å². The van der Waals surface area contributed by atoms with Crippen LogP contribution in [-0.4, -0.2) is 36.3 Å². The minimum absolute atomic E-state index is 0.417. The van der Waals surface area contributed by atoms with E-state index in [0.717, 1.165) is 63.2 Å². The summed E-state index contributed by atoms with van der Waals surface area (Å²) in [6.07, 6.45) is 6.62. The normalized spacial score (nSPS) is 25.3. The average molecular weight is 289 g/mol. The van der Waals surface area contributed by atoms with Gasteiger partial charge in [0.2, 0.25) is 0 Å². The first-order chi connectivity index (χ1) is 10.2. The predicted molar refractivity (Wildman–Crippen MR) is 83.4 cm³/mol. The Morgan fingerprint density at radius 2 is 2.29 bits per heavy atom. The molecule has 2 aliphatic rings. The number of hydrogen-bond donors (Lipinski definition) is 1. The maximum absolute atomic E-state index is 5.45. The van der Waals surface area contributed by atoms with E-state index in [1.165, 1.54) is 17.7 Å². The third-order valence-corrected chi connectivity index (χ3v) is 4.55. The van der Waals surface area contributed by atoms with Crippen molar-refractivity contribution in [3.8, 4) is 0 Å². The first-order valence-electron chi connectivity index (χ1n) is 8.35. The van der Waals surface area contributed by atoms with Gasteiger partial charge in [-0.05, 0) is 56.2 Å². The molecule has 0 aromatic carbocycles. The smallest absolute Gasteiger partial charge is 0.134 e. The number of rotatable bonds is 5. The highest BCUT2D eigenvalue weighted by Gasteiger charge is 2.24. The van der Waals surface area contributed by atoms with E-state index >= 15 is 0 Å². The zero-order valence-electron chi connectivity index (χ0n) is 13.3. The van der Waals surface area contributed by atoms with Crippen molar-refractivity contribution in [2.24, 2.45) is 11.8 Å². The molecule has 1 aliphatic heterocycles. The summed E-state index contributed by atoms with van der Waals surface area (Å²) in [5.41, 5.74) is 2.65. The highest BCUT2D eigenvalue weighted by atomic mass is 16.5. The van der Waals surface area contributed by atoms with Gasteiger partial charge in [-0.25, -0.2) is 9.97 Å². The summed E-state index contributed by atoms with van der Waals surface area (Å²) in [7, 11) is 0. The van der Waals surface area contributed by atoms with E-state index in [9.17, 15) is 0 Å². The molecule has 0 amide bonds. The molecule has 1 fully saturated rings. The molecular formula is C17H27N3O. The standard InChI is InChI=1S/C17H27N3O/c1-12(2)8-18-9-13-3-4-16-15(7-13)10-19-17(20-16)14-5-6-21-11-14/h10,12-14,18H,3-9,11H2,1-2H3. The minimum atomic E-state index is 0.417. The van der Waals surface area contributed by atoms with Gasteiger partial charge in [0.05, 0.1) is 6.61 Å². The molecule has 1 aromatic heterocycles. The third-order valence-electron chi connectivity index (χ3n) is 4.55. The Morgan fingerprint density at radius 1 is 1.38 bits per heavy atom. The molecule has 0 spiro atoms. The molecule has 21 heavy (non-hydrogen) atoms. The predicted octanol–water partition coefficient (Wildman–Crippen LogP) is 2.33. The summed E-state index contributed by atoms with van der Waals surface area (Å²) in [5, 5.41) is 3.58. The summed E-state index contributed by atoms with van der Waals surface area (Å²) in [5.74, 6) is 2.88. The van der Waals surface area contributed by atoms with E-state index in [1.807, 2.05) is 0 Å². The summed E-state index contributed by atoms with van der Waals surface area (Å²) in [4.78, 5) is 9.43. The monoisotopic (exact) mass is 289 g/mol. The van der Waals surface area contributed by atoms with Gasteiger partial charge in [-0.3, -0.25) is 0 Å². The molecule has 0 saturated carbocycles. The molecule has 116 valence electrons. The molecular weight excluding hydrogens is 262 g/mol.